The maximum atomic E-state index is 14.1. The Kier molecular flexibility index (Phi) is 1.55. The van der Waals surface area contributed by atoms with Gasteiger partial charge in [0.2, 0.25) is 0 Å². The fourth-order valence-corrected chi connectivity index (χ4v) is 4.33. The Morgan fingerprint density at radius 1 is 1.21 bits per heavy atom. The van der Waals surface area contributed by atoms with E-state index in [0.29, 0.717) is 25.2 Å². The van der Waals surface area contributed by atoms with E-state index in [4.69, 9.17) is 5.11 Å². The lowest BCUT2D eigenvalue weighted by Crippen LogP contribution is -2.54. The van der Waals surface area contributed by atoms with Gasteiger partial charge in [-0.15, -0.1) is 0 Å². The summed E-state index contributed by atoms with van der Waals surface area (Å²) in [6, 6.07) is 0. The van der Waals surface area contributed by atoms with E-state index >= 15 is 0 Å². The molecular weight excluding hydrogens is 183 g/mol. The van der Waals surface area contributed by atoms with E-state index in [0.717, 1.165) is 12.8 Å². The third kappa shape index (κ3) is 1.04. The molecule has 4 fully saturated rings. The molecule has 3 unspecified atom stereocenters. The number of alkyl halides is 1. The lowest BCUT2D eigenvalue weighted by molar-refractivity contribution is -0.164. The van der Waals surface area contributed by atoms with Gasteiger partial charge in [-0.1, -0.05) is 0 Å². The van der Waals surface area contributed by atoms with Gasteiger partial charge in [0, 0.05) is 0 Å². The highest BCUT2D eigenvalue weighted by molar-refractivity contribution is 5.71. The summed E-state index contributed by atoms with van der Waals surface area (Å²) in [4.78, 5) is 11.1. The molecule has 0 aromatic rings. The molecule has 0 radical (unpaired) electrons. The molecule has 4 saturated carbocycles. The lowest BCUT2D eigenvalue weighted by Gasteiger charge is -2.55. The Hall–Kier alpha value is -0.600. The van der Waals surface area contributed by atoms with Crippen molar-refractivity contribution in [3.05, 3.63) is 0 Å². The van der Waals surface area contributed by atoms with Crippen LogP contribution in [0.2, 0.25) is 0 Å². The Labute approximate surface area is 82.5 Å². The summed E-state index contributed by atoms with van der Waals surface area (Å²) < 4.78 is 14.1. The Morgan fingerprint density at radius 2 is 1.79 bits per heavy atom. The van der Waals surface area contributed by atoms with E-state index in [1.165, 1.54) is 0 Å². The summed E-state index contributed by atoms with van der Waals surface area (Å²) >= 11 is 0. The molecule has 4 aliphatic carbocycles. The first kappa shape index (κ1) is 8.69. The van der Waals surface area contributed by atoms with Gasteiger partial charge in [-0.25, -0.2) is 4.39 Å². The number of carboxylic acid groups (broad SMARTS) is 1. The molecule has 3 heteroatoms. The van der Waals surface area contributed by atoms with E-state index in [1.807, 2.05) is 0 Å². The smallest absolute Gasteiger partial charge is 0.307 e. The predicted molar refractivity (Wildman–Crippen MR) is 48.5 cm³/mol. The van der Waals surface area contributed by atoms with Crippen LogP contribution in [-0.2, 0) is 4.79 Å². The van der Waals surface area contributed by atoms with Crippen LogP contribution in [-0.4, -0.2) is 16.7 Å². The number of hydrogen-bond donors (Lipinski definition) is 1. The molecular formula is C11H15FO2. The van der Waals surface area contributed by atoms with Crippen molar-refractivity contribution in [1.82, 2.24) is 0 Å². The van der Waals surface area contributed by atoms with E-state index in [9.17, 15) is 9.18 Å². The molecule has 14 heavy (non-hydrogen) atoms. The highest BCUT2D eigenvalue weighted by atomic mass is 19.1. The van der Waals surface area contributed by atoms with Gasteiger partial charge < -0.3 is 5.11 Å². The van der Waals surface area contributed by atoms with E-state index in [2.05, 4.69) is 0 Å². The van der Waals surface area contributed by atoms with Gasteiger partial charge in [0.15, 0.2) is 0 Å². The van der Waals surface area contributed by atoms with Crippen molar-refractivity contribution < 1.29 is 14.3 Å². The molecule has 0 aromatic heterocycles. The number of carbonyl (C=O) groups is 1. The predicted octanol–water partition coefficient (Wildman–Crippen LogP) is 2.24. The Bertz CT molecular complexity index is 273. The van der Waals surface area contributed by atoms with Crippen LogP contribution >= 0.6 is 0 Å². The van der Waals surface area contributed by atoms with Crippen LogP contribution in [0.1, 0.15) is 32.1 Å². The zero-order valence-electron chi connectivity index (χ0n) is 8.08. The Morgan fingerprint density at radius 3 is 2.21 bits per heavy atom. The summed E-state index contributed by atoms with van der Waals surface area (Å²) in [5, 5.41) is 9.11. The third-order valence-electron chi connectivity index (χ3n) is 4.48. The van der Waals surface area contributed by atoms with Crippen LogP contribution in [0.4, 0.5) is 4.39 Å². The van der Waals surface area contributed by atoms with Crippen molar-refractivity contribution in [2.75, 3.05) is 0 Å². The standard InChI is InChI=1S/C11H15FO2/c12-11-3-6-1-7(4-11)9(10(13)14)8(2-6)5-11/h6-9H,1-5H2,(H,13,14)/t6?,7-,8+,9?,11?. The maximum Gasteiger partial charge on any atom is 0.307 e. The highest BCUT2D eigenvalue weighted by Gasteiger charge is 2.57. The largest absolute Gasteiger partial charge is 0.481 e. The number of aliphatic carboxylic acids is 1. The molecule has 5 atom stereocenters. The first-order chi connectivity index (χ1) is 6.57. The molecule has 4 rings (SSSR count). The maximum absolute atomic E-state index is 14.1. The summed E-state index contributed by atoms with van der Waals surface area (Å²) in [6.07, 6.45) is 3.64. The molecule has 0 spiro atoms. The normalized spacial score (nSPS) is 54.9. The Balaban J connectivity index is 1.93. The summed E-state index contributed by atoms with van der Waals surface area (Å²) in [5.41, 5.74) is -0.998. The minimum atomic E-state index is -0.998. The second-order valence-corrected chi connectivity index (χ2v) is 5.48. The molecule has 2 nitrogen and oxygen atoms in total. The molecule has 0 heterocycles. The molecule has 0 saturated heterocycles. The minimum Gasteiger partial charge on any atom is -0.481 e. The van der Waals surface area contributed by atoms with Gasteiger partial charge in [0.05, 0.1) is 5.92 Å². The first-order valence-corrected chi connectivity index (χ1v) is 5.49. The monoisotopic (exact) mass is 198 g/mol. The minimum absolute atomic E-state index is 0.128. The van der Waals surface area contributed by atoms with Crippen LogP contribution < -0.4 is 0 Å². The lowest BCUT2D eigenvalue weighted by atomic mass is 9.51. The average molecular weight is 198 g/mol. The van der Waals surface area contributed by atoms with E-state index in [-0.39, 0.29) is 17.8 Å². The molecule has 4 bridgehead atoms. The van der Waals surface area contributed by atoms with Crippen molar-refractivity contribution in [2.24, 2.45) is 23.7 Å². The van der Waals surface area contributed by atoms with Crippen LogP contribution in [0.15, 0.2) is 0 Å². The highest BCUT2D eigenvalue weighted by Crippen LogP contribution is 2.59. The van der Waals surface area contributed by atoms with Crippen LogP contribution in [0.25, 0.3) is 0 Å². The number of rotatable bonds is 1. The van der Waals surface area contributed by atoms with Crippen molar-refractivity contribution in [3.8, 4) is 0 Å². The van der Waals surface area contributed by atoms with Crippen molar-refractivity contribution in [2.45, 2.75) is 37.8 Å². The number of hydrogen-bond acceptors (Lipinski definition) is 1. The molecule has 1 N–H and O–H groups in total. The molecule has 78 valence electrons. The van der Waals surface area contributed by atoms with Gasteiger partial charge in [-0.2, -0.15) is 0 Å². The average Bonchev–Trinajstić information content (AvgIpc) is 1.97. The van der Waals surface area contributed by atoms with Crippen molar-refractivity contribution in [3.63, 3.8) is 0 Å². The van der Waals surface area contributed by atoms with Crippen LogP contribution in [0, 0.1) is 23.7 Å². The summed E-state index contributed by atoms with van der Waals surface area (Å²) in [6.45, 7) is 0. The van der Waals surface area contributed by atoms with Gasteiger partial charge in [0.1, 0.15) is 5.67 Å². The molecule has 0 aliphatic heterocycles. The van der Waals surface area contributed by atoms with Crippen LogP contribution in [0.3, 0.4) is 0 Å². The molecule has 0 amide bonds. The fraction of sp³-hybridized carbons (Fsp3) is 0.909. The zero-order valence-corrected chi connectivity index (χ0v) is 8.08. The van der Waals surface area contributed by atoms with E-state index < -0.39 is 11.6 Å². The second-order valence-electron chi connectivity index (χ2n) is 5.48. The van der Waals surface area contributed by atoms with Crippen LogP contribution in [0.5, 0.6) is 0 Å². The third-order valence-corrected chi connectivity index (χ3v) is 4.48. The van der Waals surface area contributed by atoms with Gasteiger partial charge in [0.25, 0.3) is 0 Å². The fourth-order valence-electron chi connectivity index (χ4n) is 4.33. The number of halogens is 1. The topological polar surface area (TPSA) is 37.3 Å². The van der Waals surface area contributed by atoms with Gasteiger partial charge in [-0.05, 0) is 49.9 Å². The zero-order chi connectivity index (χ0) is 9.92. The van der Waals surface area contributed by atoms with E-state index in [1.54, 1.807) is 0 Å². The summed E-state index contributed by atoms with van der Waals surface area (Å²) in [5.74, 6) is -0.196. The molecule has 0 aromatic carbocycles. The SMILES string of the molecule is O=C(O)C1[C@@H]2CC3C[C@H]1CC(F)(C3)C2. The number of carboxylic acids is 1. The van der Waals surface area contributed by atoms with Gasteiger partial charge >= 0.3 is 5.97 Å². The van der Waals surface area contributed by atoms with Gasteiger partial charge in [-0.3, -0.25) is 4.79 Å². The van der Waals surface area contributed by atoms with Crippen molar-refractivity contribution in [1.29, 1.82) is 0 Å². The quantitative estimate of drug-likeness (QED) is 0.701. The second kappa shape index (κ2) is 2.50. The first-order valence-electron chi connectivity index (χ1n) is 5.49. The van der Waals surface area contributed by atoms with Crippen molar-refractivity contribution >= 4 is 5.97 Å². The summed E-state index contributed by atoms with van der Waals surface area (Å²) in [7, 11) is 0. The molecule has 4 aliphatic rings.